The molecule has 4 nitrogen and oxygen atoms in total. The number of anilines is 1. The number of benzene rings is 1. The lowest BCUT2D eigenvalue weighted by atomic mass is 9.98. The minimum atomic E-state index is -3.52. The van der Waals surface area contributed by atoms with Crippen molar-refractivity contribution in [3.8, 4) is 0 Å². The van der Waals surface area contributed by atoms with Crippen molar-refractivity contribution < 1.29 is 8.42 Å². The molecule has 106 valence electrons. The van der Waals surface area contributed by atoms with Gasteiger partial charge < -0.3 is 0 Å². The highest BCUT2D eigenvalue weighted by Crippen LogP contribution is 2.41. The number of hydrogen-bond acceptors (Lipinski definition) is 3. The first-order valence-electron chi connectivity index (χ1n) is 6.43. The molecule has 0 spiro atoms. The zero-order chi connectivity index (χ0) is 14.3. The van der Waals surface area contributed by atoms with E-state index in [1.807, 2.05) is 54.9 Å². The quantitative estimate of drug-likeness (QED) is 0.926. The zero-order valence-electron chi connectivity index (χ0n) is 11.3. The van der Waals surface area contributed by atoms with Crippen LogP contribution >= 0.6 is 11.3 Å². The summed E-state index contributed by atoms with van der Waals surface area (Å²) in [6.45, 7) is 3.79. The minimum Gasteiger partial charge on any atom is -0.271 e. The van der Waals surface area contributed by atoms with E-state index < -0.39 is 10.2 Å². The molecule has 1 unspecified atom stereocenters. The summed E-state index contributed by atoms with van der Waals surface area (Å²) >= 11 is 1.58. The predicted molar refractivity (Wildman–Crippen MR) is 82.1 cm³/mol. The molecule has 1 aromatic carbocycles. The third-order valence-corrected chi connectivity index (χ3v) is 5.76. The molecule has 0 aliphatic carbocycles. The summed E-state index contributed by atoms with van der Waals surface area (Å²) in [5.74, 6) is 0. The maximum absolute atomic E-state index is 12.5. The van der Waals surface area contributed by atoms with E-state index in [1.165, 1.54) is 4.31 Å². The van der Waals surface area contributed by atoms with E-state index in [-0.39, 0.29) is 12.1 Å². The first-order valence-corrected chi connectivity index (χ1v) is 8.81. The van der Waals surface area contributed by atoms with Crippen molar-refractivity contribution in [3.05, 3.63) is 52.2 Å². The fourth-order valence-corrected chi connectivity index (χ4v) is 4.94. The number of fused-ring (bicyclic) bond motifs is 1. The Labute approximate surface area is 123 Å². The molecule has 0 bridgehead atoms. The highest BCUT2D eigenvalue weighted by atomic mass is 32.2. The Morgan fingerprint density at radius 3 is 2.65 bits per heavy atom. The Balaban J connectivity index is 2.25. The predicted octanol–water partition coefficient (Wildman–Crippen LogP) is 3.22. The second-order valence-electron chi connectivity index (χ2n) is 5.08. The summed E-state index contributed by atoms with van der Waals surface area (Å²) in [7, 11) is -3.52. The molecule has 20 heavy (non-hydrogen) atoms. The molecule has 6 heteroatoms. The summed E-state index contributed by atoms with van der Waals surface area (Å²) in [6, 6.07) is 9.18. The molecule has 1 atom stereocenters. The SMILES string of the molecule is CC(C)N1C(c2ccsc2)c2ccccc2NS1(=O)=O. The largest absolute Gasteiger partial charge is 0.302 e. The van der Waals surface area contributed by atoms with Crippen LogP contribution in [0.15, 0.2) is 41.1 Å². The van der Waals surface area contributed by atoms with Crippen LogP contribution in [0, 0.1) is 0 Å². The maximum Gasteiger partial charge on any atom is 0.302 e. The standard InChI is InChI=1S/C14H16N2O2S2/c1-10(2)16-14(11-7-8-19-9-11)12-5-3-4-6-13(12)15-20(16,17)18/h3-10,14-15H,1-2H3. The molecule has 3 rings (SSSR count). The van der Waals surface area contributed by atoms with Gasteiger partial charge in [-0.25, -0.2) is 0 Å². The second kappa shape index (κ2) is 4.87. The molecule has 0 radical (unpaired) electrons. The van der Waals surface area contributed by atoms with E-state index in [2.05, 4.69) is 4.72 Å². The van der Waals surface area contributed by atoms with Gasteiger partial charge in [-0.05, 0) is 47.9 Å². The van der Waals surface area contributed by atoms with Crippen LogP contribution in [0.4, 0.5) is 5.69 Å². The van der Waals surface area contributed by atoms with Crippen LogP contribution in [0.25, 0.3) is 0 Å². The van der Waals surface area contributed by atoms with Gasteiger partial charge in [0.1, 0.15) is 0 Å². The topological polar surface area (TPSA) is 49.4 Å². The highest BCUT2D eigenvalue weighted by Gasteiger charge is 2.40. The molecule has 1 aliphatic rings. The van der Waals surface area contributed by atoms with Gasteiger partial charge in [-0.15, -0.1) is 0 Å². The van der Waals surface area contributed by atoms with Gasteiger partial charge in [-0.3, -0.25) is 4.72 Å². The Hall–Kier alpha value is -1.37. The van der Waals surface area contributed by atoms with Crippen LogP contribution in [0.5, 0.6) is 0 Å². The van der Waals surface area contributed by atoms with E-state index >= 15 is 0 Å². The summed E-state index contributed by atoms with van der Waals surface area (Å²) in [5, 5.41) is 3.99. The number of thiophene rings is 1. The summed E-state index contributed by atoms with van der Waals surface area (Å²) in [6.07, 6.45) is 0. The van der Waals surface area contributed by atoms with Crippen molar-refractivity contribution in [2.24, 2.45) is 0 Å². The van der Waals surface area contributed by atoms with Gasteiger partial charge in [0.05, 0.1) is 11.7 Å². The smallest absolute Gasteiger partial charge is 0.271 e. The lowest BCUT2D eigenvalue weighted by molar-refractivity contribution is 0.306. The minimum absolute atomic E-state index is 0.120. The third-order valence-electron chi connectivity index (χ3n) is 3.39. The van der Waals surface area contributed by atoms with Crippen molar-refractivity contribution in [1.82, 2.24) is 4.31 Å². The van der Waals surface area contributed by atoms with Crippen LogP contribution < -0.4 is 4.72 Å². The van der Waals surface area contributed by atoms with Gasteiger partial charge in [0.15, 0.2) is 0 Å². The second-order valence-corrected chi connectivity index (χ2v) is 7.43. The van der Waals surface area contributed by atoms with Crippen molar-refractivity contribution in [3.63, 3.8) is 0 Å². The molecule has 2 heterocycles. The molecule has 0 saturated carbocycles. The monoisotopic (exact) mass is 308 g/mol. The maximum atomic E-state index is 12.5. The zero-order valence-corrected chi connectivity index (χ0v) is 12.9. The normalized spacial score (nSPS) is 21.4. The van der Waals surface area contributed by atoms with Gasteiger partial charge in [0.2, 0.25) is 0 Å². The van der Waals surface area contributed by atoms with E-state index in [9.17, 15) is 8.42 Å². The Kier molecular flexibility index (Phi) is 3.32. The van der Waals surface area contributed by atoms with Gasteiger partial charge in [0, 0.05) is 6.04 Å². The van der Waals surface area contributed by atoms with Crippen LogP contribution in [-0.2, 0) is 10.2 Å². The van der Waals surface area contributed by atoms with Gasteiger partial charge in [-0.1, -0.05) is 18.2 Å². The molecule has 0 saturated heterocycles. The number of hydrogen-bond donors (Lipinski definition) is 1. The number of rotatable bonds is 2. The van der Waals surface area contributed by atoms with Gasteiger partial charge >= 0.3 is 10.2 Å². The van der Waals surface area contributed by atoms with Crippen molar-refractivity contribution in [2.45, 2.75) is 25.9 Å². The van der Waals surface area contributed by atoms with Gasteiger partial charge in [-0.2, -0.15) is 24.1 Å². The van der Waals surface area contributed by atoms with E-state index in [0.717, 1.165) is 11.1 Å². The fourth-order valence-electron chi connectivity index (χ4n) is 2.63. The summed E-state index contributed by atoms with van der Waals surface area (Å²) < 4.78 is 29.2. The highest BCUT2D eigenvalue weighted by molar-refractivity contribution is 7.90. The Morgan fingerprint density at radius 2 is 2.00 bits per heavy atom. The molecular formula is C14H16N2O2S2. The molecular weight excluding hydrogens is 292 g/mol. The molecule has 1 aliphatic heterocycles. The van der Waals surface area contributed by atoms with Gasteiger partial charge in [0.25, 0.3) is 0 Å². The lowest BCUT2D eigenvalue weighted by Crippen LogP contribution is -2.46. The van der Waals surface area contributed by atoms with Crippen LogP contribution in [0.1, 0.15) is 31.0 Å². The van der Waals surface area contributed by atoms with Crippen molar-refractivity contribution in [1.29, 1.82) is 0 Å². The van der Waals surface area contributed by atoms with Crippen LogP contribution in [0.2, 0.25) is 0 Å². The Morgan fingerprint density at radius 1 is 1.25 bits per heavy atom. The van der Waals surface area contributed by atoms with Crippen molar-refractivity contribution in [2.75, 3.05) is 4.72 Å². The van der Waals surface area contributed by atoms with E-state index in [0.29, 0.717) is 5.69 Å². The fraction of sp³-hybridized carbons (Fsp3) is 0.286. The number of nitrogens with one attached hydrogen (secondary N) is 1. The average Bonchev–Trinajstić information content (AvgIpc) is 2.89. The van der Waals surface area contributed by atoms with E-state index in [1.54, 1.807) is 11.3 Å². The molecule has 0 fully saturated rings. The Bertz CT molecular complexity index is 709. The van der Waals surface area contributed by atoms with Crippen LogP contribution in [-0.4, -0.2) is 18.8 Å². The molecule has 2 aromatic rings. The molecule has 1 N–H and O–H groups in total. The number of nitrogens with zero attached hydrogens (tertiary/aromatic N) is 1. The first kappa shape index (κ1) is 13.6. The molecule has 1 aromatic heterocycles. The third kappa shape index (κ3) is 2.13. The van der Waals surface area contributed by atoms with Crippen molar-refractivity contribution >= 4 is 27.2 Å². The molecule has 0 amide bonds. The lowest BCUT2D eigenvalue weighted by Gasteiger charge is -2.39. The average molecular weight is 308 g/mol. The number of para-hydroxylation sites is 1. The first-order chi connectivity index (χ1) is 9.50. The van der Waals surface area contributed by atoms with Crippen LogP contribution in [0.3, 0.4) is 0 Å². The summed E-state index contributed by atoms with van der Waals surface area (Å²) in [4.78, 5) is 0. The summed E-state index contributed by atoms with van der Waals surface area (Å²) in [5.41, 5.74) is 2.68. The van der Waals surface area contributed by atoms with E-state index in [4.69, 9.17) is 0 Å².